The highest BCUT2D eigenvalue weighted by Crippen LogP contribution is 2.67. The number of phenolic OH excluding ortho intramolecular Hbond substituents is 1. The minimum absolute atomic E-state index is 0.0239. The highest BCUT2D eigenvalue weighted by Gasteiger charge is 2.68. The summed E-state index contributed by atoms with van der Waals surface area (Å²) in [5.41, 5.74) is -0.0499. The summed E-state index contributed by atoms with van der Waals surface area (Å²) in [4.78, 5) is 42.9. The number of hydrogen-bond donors (Lipinski definition) is 5. The van der Waals surface area contributed by atoms with Gasteiger partial charge in [-0.2, -0.15) is 0 Å². The monoisotopic (exact) mass is 612 g/mol. The molecule has 0 heterocycles. The van der Waals surface area contributed by atoms with E-state index in [1.807, 2.05) is 13.0 Å². The Morgan fingerprint density at radius 2 is 1.84 bits per heavy atom. The van der Waals surface area contributed by atoms with Crippen LogP contribution in [0.15, 0.2) is 41.1 Å². The molecule has 5 rings (SSSR count). The summed E-state index contributed by atoms with van der Waals surface area (Å²) in [5, 5.41) is 48.9. The fourth-order valence-corrected chi connectivity index (χ4v) is 8.98. The summed E-state index contributed by atoms with van der Waals surface area (Å²) in [6.07, 6.45) is 5.75. The van der Waals surface area contributed by atoms with Gasteiger partial charge in [0.05, 0.1) is 18.9 Å². The number of benzene rings is 1. The van der Waals surface area contributed by atoms with E-state index in [9.17, 15) is 34.8 Å². The Morgan fingerprint density at radius 3 is 2.52 bits per heavy atom. The van der Waals surface area contributed by atoms with Crippen LogP contribution < -0.4 is 5.32 Å². The normalized spacial score (nSPS) is 35.9. The highest BCUT2D eigenvalue weighted by atomic mass is 16.6. The predicted molar refractivity (Wildman–Crippen MR) is 159 cm³/mol. The number of ketones is 1. The van der Waals surface area contributed by atoms with E-state index in [4.69, 9.17) is 9.57 Å². The van der Waals surface area contributed by atoms with Gasteiger partial charge in [0.25, 0.3) is 5.91 Å². The molecule has 0 radical (unpaired) electrons. The van der Waals surface area contributed by atoms with Crippen LogP contribution in [0.25, 0.3) is 0 Å². The summed E-state index contributed by atoms with van der Waals surface area (Å²) >= 11 is 0. The van der Waals surface area contributed by atoms with Crippen molar-refractivity contribution < 1.29 is 44.4 Å². The van der Waals surface area contributed by atoms with Crippen molar-refractivity contribution in [2.45, 2.75) is 83.0 Å². The topological polar surface area (TPSA) is 175 Å². The molecule has 0 bridgehead atoms. The van der Waals surface area contributed by atoms with Crippen molar-refractivity contribution in [2.24, 2.45) is 33.7 Å². The maximum atomic E-state index is 12.6. The average molecular weight is 613 g/mol. The number of allylic oxidation sites excluding steroid dienone is 2. The average Bonchev–Trinajstić information content (AvgIpc) is 3.27. The summed E-state index contributed by atoms with van der Waals surface area (Å²) in [5.74, 6) is -1.38. The standard InChI is InChI=1S/C33H44N2O9/c1-31-12-10-21(35-44-18-28(40)34-25(30(41)43-3)14-19-4-7-22(37)8-5-19)15-20(31)6-9-23-24-11-13-33(42,27(39)17-36)32(24,2)16-26(38)29(23)31/h4-5,7-8,15,23-26,29,36-38,42H,6,9-14,16-18H2,1-3H3,(H,34,40)/b35-21+/t23-,24+,25+,26+,29+,31+,32+,33+/m1/s1. The fraction of sp³-hybridized carbons (Fsp3) is 0.636. The van der Waals surface area contributed by atoms with Crippen LogP contribution >= 0.6 is 0 Å². The van der Waals surface area contributed by atoms with E-state index in [1.165, 1.54) is 24.8 Å². The first kappa shape index (κ1) is 32.1. The van der Waals surface area contributed by atoms with Crippen LogP contribution in [0.3, 0.4) is 0 Å². The maximum absolute atomic E-state index is 12.6. The van der Waals surface area contributed by atoms with E-state index >= 15 is 0 Å². The predicted octanol–water partition coefficient (Wildman–Crippen LogP) is 2.19. The number of hydrogen-bond acceptors (Lipinski definition) is 10. The summed E-state index contributed by atoms with van der Waals surface area (Å²) in [6.45, 7) is 3.01. The van der Waals surface area contributed by atoms with Gasteiger partial charge in [-0.25, -0.2) is 4.79 Å². The van der Waals surface area contributed by atoms with Gasteiger partial charge in [-0.15, -0.1) is 0 Å². The number of phenols is 1. The molecule has 1 aromatic carbocycles. The molecule has 4 aliphatic carbocycles. The summed E-state index contributed by atoms with van der Waals surface area (Å²) in [6, 6.07) is 5.40. The zero-order chi connectivity index (χ0) is 31.9. The number of amides is 1. The molecule has 5 N–H and O–H groups in total. The van der Waals surface area contributed by atoms with E-state index in [0.29, 0.717) is 31.4 Å². The molecule has 0 unspecified atom stereocenters. The minimum atomic E-state index is -1.62. The molecule has 0 saturated heterocycles. The van der Waals surface area contributed by atoms with Crippen molar-refractivity contribution in [3.8, 4) is 5.75 Å². The molecule has 3 saturated carbocycles. The Labute approximate surface area is 257 Å². The Balaban J connectivity index is 1.23. The van der Waals surface area contributed by atoms with E-state index in [-0.39, 0.29) is 41.9 Å². The molecule has 0 spiro atoms. The minimum Gasteiger partial charge on any atom is -0.508 e. The van der Waals surface area contributed by atoms with Crippen LogP contribution in [0.4, 0.5) is 0 Å². The van der Waals surface area contributed by atoms with Gasteiger partial charge in [0.2, 0.25) is 0 Å². The van der Waals surface area contributed by atoms with Gasteiger partial charge in [0, 0.05) is 11.8 Å². The van der Waals surface area contributed by atoms with E-state index in [0.717, 1.165) is 24.8 Å². The molecular formula is C33H44N2O9. The van der Waals surface area contributed by atoms with Crippen LogP contribution in [0.5, 0.6) is 5.75 Å². The Kier molecular flexibility index (Phi) is 8.94. The second-order valence-corrected chi connectivity index (χ2v) is 13.5. The first-order valence-electron chi connectivity index (χ1n) is 15.5. The van der Waals surface area contributed by atoms with Crippen LogP contribution in [0.2, 0.25) is 0 Å². The van der Waals surface area contributed by atoms with Gasteiger partial charge in [0.15, 0.2) is 12.4 Å². The molecule has 240 valence electrons. The zero-order valence-corrected chi connectivity index (χ0v) is 25.6. The van der Waals surface area contributed by atoms with Crippen molar-refractivity contribution in [2.75, 3.05) is 20.3 Å². The number of carbonyl (C=O) groups is 3. The van der Waals surface area contributed by atoms with Gasteiger partial charge in [0.1, 0.15) is 24.0 Å². The molecule has 44 heavy (non-hydrogen) atoms. The Bertz CT molecular complexity index is 1340. The quantitative estimate of drug-likeness (QED) is 0.207. The van der Waals surface area contributed by atoms with Crippen molar-refractivity contribution in [3.05, 3.63) is 41.5 Å². The number of Topliss-reactive ketones (excluding diaryl/α,β-unsaturated/α-hetero) is 1. The van der Waals surface area contributed by atoms with Crippen molar-refractivity contribution in [1.82, 2.24) is 5.32 Å². The second-order valence-electron chi connectivity index (χ2n) is 13.5. The molecule has 3 fully saturated rings. The summed E-state index contributed by atoms with van der Waals surface area (Å²) in [7, 11) is 1.25. The number of nitrogens with zero attached hydrogens (tertiary/aromatic N) is 1. The van der Waals surface area contributed by atoms with E-state index in [2.05, 4.69) is 17.4 Å². The molecule has 4 aliphatic rings. The first-order valence-corrected chi connectivity index (χ1v) is 15.5. The number of oxime groups is 1. The van der Waals surface area contributed by atoms with Gasteiger partial charge < -0.3 is 35.3 Å². The first-order chi connectivity index (χ1) is 20.9. The number of aliphatic hydroxyl groups excluding tert-OH is 2. The third-order valence-electron chi connectivity index (χ3n) is 11.2. The SMILES string of the molecule is COC(=O)[C@H](Cc1ccc(O)cc1)NC(=O)CO/N=C1/C=C2CC[C@H]3[C@@H]([C@@H](O)C[C@@]4(C)[C@H]3CC[C@]4(O)C(=O)CO)[C@@]2(C)CC1. The zero-order valence-electron chi connectivity index (χ0n) is 25.6. The number of aromatic hydroxyl groups is 1. The number of nitrogens with one attached hydrogen (secondary N) is 1. The van der Waals surface area contributed by atoms with Crippen LogP contribution in [0.1, 0.15) is 64.4 Å². The highest BCUT2D eigenvalue weighted by molar-refractivity contribution is 5.96. The molecule has 0 aromatic heterocycles. The number of rotatable bonds is 9. The van der Waals surface area contributed by atoms with Gasteiger partial charge in [-0.3, -0.25) is 9.59 Å². The lowest BCUT2D eigenvalue weighted by Gasteiger charge is -2.60. The Morgan fingerprint density at radius 1 is 1.11 bits per heavy atom. The van der Waals surface area contributed by atoms with Gasteiger partial charge in [-0.1, -0.05) is 36.7 Å². The number of aliphatic hydroxyl groups is 3. The number of ether oxygens (including phenoxy) is 1. The maximum Gasteiger partial charge on any atom is 0.328 e. The van der Waals surface area contributed by atoms with Crippen molar-refractivity contribution >= 4 is 23.4 Å². The summed E-state index contributed by atoms with van der Waals surface area (Å²) < 4.78 is 4.83. The van der Waals surface area contributed by atoms with Crippen molar-refractivity contribution in [1.29, 1.82) is 0 Å². The number of esters is 1. The molecule has 11 nitrogen and oxygen atoms in total. The molecule has 1 amide bonds. The smallest absolute Gasteiger partial charge is 0.328 e. The van der Waals surface area contributed by atoms with Gasteiger partial charge in [-0.05, 0) is 91.9 Å². The molecule has 1 aromatic rings. The lowest BCUT2D eigenvalue weighted by molar-refractivity contribution is -0.181. The lowest BCUT2D eigenvalue weighted by Crippen LogP contribution is -2.62. The van der Waals surface area contributed by atoms with Gasteiger partial charge >= 0.3 is 5.97 Å². The third-order valence-corrected chi connectivity index (χ3v) is 11.2. The third kappa shape index (κ3) is 5.54. The molecule has 0 aliphatic heterocycles. The van der Waals surface area contributed by atoms with Crippen molar-refractivity contribution in [3.63, 3.8) is 0 Å². The van der Waals surface area contributed by atoms with E-state index < -0.39 is 47.4 Å². The largest absolute Gasteiger partial charge is 0.508 e. The number of methoxy groups -OCH3 is 1. The van der Waals surface area contributed by atoms with E-state index in [1.54, 1.807) is 12.1 Å². The lowest BCUT2D eigenvalue weighted by atomic mass is 9.45. The second kappa shape index (κ2) is 12.3. The Hall–Kier alpha value is -3.28. The van der Waals surface area contributed by atoms with Crippen LogP contribution in [-0.2, 0) is 30.4 Å². The van der Waals surface area contributed by atoms with Crippen LogP contribution in [0, 0.1) is 28.6 Å². The fourth-order valence-electron chi connectivity index (χ4n) is 8.98. The number of carbonyl (C=O) groups excluding carboxylic acids is 3. The number of fused-ring (bicyclic) bond motifs is 5. The molecule has 11 heteroatoms. The molecule has 8 atom stereocenters. The van der Waals surface area contributed by atoms with Crippen LogP contribution in [-0.4, -0.2) is 81.9 Å². The molecular weight excluding hydrogens is 568 g/mol.